The monoisotopic (exact) mass is 204 g/mol. The lowest BCUT2D eigenvalue weighted by Gasteiger charge is -2.12. The maximum atomic E-state index is 2.41. The van der Waals surface area contributed by atoms with Crippen LogP contribution < -0.4 is 0 Å². The lowest BCUT2D eigenvalue weighted by atomic mass is 9.94. The Morgan fingerprint density at radius 2 is 1.73 bits per heavy atom. The van der Waals surface area contributed by atoms with Crippen LogP contribution in [0.3, 0.4) is 0 Å². The van der Waals surface area contributed by atoms with Gasteiger partial charge < -0.3 is 0 Å². The van der Waals surface area contributed by atoms with E-state index in [2.05, 4.69) is 45.9 Å². The molecule has 0 N–H and O–H groups in total. The molecule has 0 saturated heterocycles. The van der Waals surface area contributed by atoms with Crippen LogP contribution in [0.25, 0.3) is 0 Å². The number of hydrogen-bond donors (Lipinski definition) is 0. The van der Waals surface area contributed by atoms with Gasteiger partial charge in [-0.3, -0.25) is 0 Å². The summed E-state index contributed by atoms with van der Waals surface area (Å²) in [5.41, 5.74) is 4.61. The predicted molar refractivity (Wildman–Crippen MR) is 68.9 cm³/mol. The van der Waals surface area contributed by atoms with Crippen molar-refractivity contribution in [2.24, 2.45) is 5.92 Å². The topological polar surface area (TPSA) is 0 Å². The van der Waals surface area contributed by atoms with Gasteiger partial charge in [-0.05, 0) is 52.4 Å². The first kappa shape index (κ1) is 12.3. The lowest BCUT2D eigenvalue weighted by Crippen LogP contribution is -1.97. The van der Waals surface area contributed by atoms with Gasteiger partial charge in [0.05, 0.1) is 0 Å². The third kappa shape index (κ3) is 4.51. The fraction of sp³-hybridized carbons (Fsp3) is 0.600. The molecule has 1 aliphatic rings. The Balaban J connectivity index is 2.79. The van der Waals surface area contributed by atoms with Gasteiger partial charge in [0.15, 0.2) is 0 Å². The Labute approximate surface area is 94.8 Å². The number of allylic oxidation sites excluding steroid dienone is 6. The Hall–Kier alpha value is -0.780. The van der Waals surface area contributed by atoms with Crippen LogP contribution >= 0.6 is 0 Å². The van der Waals surface area contributed by atoms with Crippen molar-refractivity contribution in [2.45, 2.75) is 53.4 Å². The smallest absolute Gasteiger partial charge is 0.0164 e. The molecule has 1 atom stereocenters. The number of hydrogen-bond acceptors (Lipinski definition) is 0. The van der Waals surface area contributed by atoms with E-state index in [0.29, 0.717) is 5.92 Å². The highest BCUT2D eigenvalue weighted by Crippen LogP contribution is 2.21. The molecule has 84 valence electrons. The molecule has 0 bridgehead atoms. The summed E-state index contributed by atoms with van der Waals surface area (Å²) in [6.45, 7) is 9.10. The van der Waals surface area contributed by atoms with Crippen molar-refractivity contribution in [3.63, 3.8) is 0 Å². The predicted octanol–water partition coefficient (Wildman–Crippen LogP) is 5.04. The molecule has 0 nitrogen and oxygen atoms in total. The quantitative estimate of drug-likeness (QED) is 0.485. The van der Waals surface area contributed by atoms with Gasteiger partial charge in [-0.1, -0.05) is 41.9 Å². The summed E-state index contributed by atoms with van der Waals surface area (Å²) >= 11 is 0. The maximum Gasteiger partial charge on any atom is -0.0164 e. The molecule has 0 aromatic rings. The molecule has 1 aliphatic carbocycles. The molecule has 0 saturated carbocycles. The third-order valence-electron chi connectivity index (χ3n) is 3.34. The molecular weight excluding hydrogens is 180 g/mol. The van der Waals surface area contributed by atoms with Crippen molar-refractivity contribution in [1.29, 1.82) is 0 Å². The lowest BCUT2D eigenvalue weighted by molar-refractivity contribution is 0.667. The highest BCUT2D eigenvalue weighted by Gasteiger charge is 2.05. The molecule has 1 unspecified atom stereocenters. The molecular formula is C15H24. The zero-order chi connectivity index (χ0) is 11.3. The first-order chi connectivity index (χ1) is 7.09. The summed E-state index contributed by atoms with van der Waals surface area (Å²) in [6, 6.07) is 0. The molecule has 0 aromatic carbocycles. The van der Waals surface area contributed by atoms with Crippen LogP contribution in [0, 0.1) is 5.92 Å². The average Bonchev–Trinajstić information content (AvgIpc) is 2.18. The van der Waals surface area contributed by atoms with Crippen LogP contribution in [0.15, 0.2) is 34.9 Å². The van der Waals surface area contributed by atoms with Crippen molar-refractivity contribution < 1.29 is 0 Å². The van der Waals surface area contributed by atoms with Crippen LogP contribution in [0.5, 0.6) is 0 Å². The molecule has 0 aromatic heterocycles. The second kappa shape index (κ2) is 5.95. The van der Waals surface area contributed by atoms with Crippen LogP contribution in [0.1, 0.15) is 53.4 Å². The Kier molecular flexibility index (Phi) is 4.87. The second-order valence-electron chi connectivity index (χ2n) is 4.93. The second-order valence-corrected chi connectivity index (χ2v) is 4.93. The van der Waals surface area contributed by atoms with Crippen molar-refractivity contribution >= 4 is 0 Å². The standard InChI is InChI=1S/C15H24/c1-12-7-5-9-13(2)11-15(4)14(3)10-6-8-12/h8-10,15H,5-7,11H2,1-4H3/b12-8+,13-9+,14-10-. The van der Waals surface area contributed by atoms with Crippen molar-refractivity contribution in [2.75, 3.05) is 0 Å². The SMILES string of the molecule is C/C1=C/C/C=C(\C)CC/C=C(\C)CC1C. The van der Waals surface area contributed by atoms with E-state index >= 15 is 0 Å². The highest BCUT2D eigenvalue weighted by molar-refractivity contribution is 5.13. The van der Waals surface area contributed by atoms with Crippen LogP contribution in [0.4, 0.5) is 0 Å². The molecule has 0 fully saturated rings. The van der Waals surface area contributed by atoms with Crippen LogP contribution in [-0.4, -0.2) is 0 Å². The van der Waals surface area contributed by atoms with Gasteiger partial charge in [-0.2, -0.15) is 0 Å². The minimum Gasteiger partial charge on any atom is -0.0853 e. The minimum atomic E-state index is 0.702. The van der Waals surface area contributed by atoms with Gasteiger partial charge in [0.1, 0.15) is 0 Å². The summed E-state index contributed by atoms with van der Waals surface area (Å²) in [6.07, 6.45) is 11.9. The van der Waals surface area contributed by atoms with Gasteiger partial charge in [0.2, 0.25) is 0 Å². The fourth-order valence-electron chi connectivity index (χ4n) is 2.02. The molecule has 0 aliphatic heterocycles. The van der Waals surface area contributed by atoms with E-state index in [1.807, 2.05) is 0 Å². The normalized spacial score (nSPS) is 35.2. The molecule has 0 spiro atoms. The highest BCUT2D eigenvalue weighted by atomic mass is 14.1. The summed E-state index contributed by atoms with van der Waals surface area (Å²) < 4.78 is 0. The third-order valence-corrected chi connectivity index (χ3v) is 3.34. The van der Waals surface area contributed by atoms with Gasteiger partial charge in [-0.25, -0.2) is 0 Å². The van der Waals surface area contributed by atoms with Gasteiger partial charge in [0.25, 0.3) is 0 Å². The first-order valence-corrected chi connectivity index (χ1v) is 6.07. The van der Waals surface area contributed by atoms with E-state index < -0.39 is 0 Å². The van der Waals surface area contributed by atoms with Crippen molar-refractivity contribution in [3.05, 3.63) is 34.9 Å². The van der Waals surface area contributed by atoms with E-state index in [1.165, 1.54) is 30.4 Å². The van der Waals surface area contributed by atoms with Crippen LogP contribution in [0.2, 0.25) is 0 Å². The number of rotatable bonds is 0. The summed E-state index contributed by atoms with van der Waals surface area (Å²) in [5, 5.41) is 0. The molecule has 0 heterocycles. The molecule has 0 radical (unpaired) electrons. The molecule has 1 rings (SSSR count). The summed E-state index contributed by atoms with van der Waals surface area (Å²) in [7, 11) is 0. The molecule has 0 amide bonds. The summed E-state index contributed by atoms with van der Waals surface area (Å²) in [4.78, 5) is 0. The minimum absolute atomic E-state index is 0.702. The average molecular weight is 204 g/mol. The van der Waals surface area contributed by atoms with Crippen molar-refractivity contribution in [3.8, 4) is 0 Å². The van der Waals surface area contributed by atoms with E-state index in [-0.39, 0.29) is 0 Å². The van der Waals surface area contributed by atoms with Gasteiger partial charge in [0, 0.05) is 0 Å². The molecule has 0 heteroatoms. The summed E-state index contributed by atoms with van der Waals surface area (Å²) in [5.74, 6) is 0.702. The Morgan fingerprint density at radius 3 is 2.47 bits per heavy atom. The van der Waals surface area contributed by atoms with Gasteiger partial charge in [-0.15, -0.1) is 0 Å². The van der Waals surface area contributed by atoms with Gasteiger partial charge >= 0.3 is 0 Å². The van der Waals surface area contributed by atoms with Crippen molar-refractivity contribution in [1.82, 2.24) is 0 Å². The van der Waals surface area contributed by atoms with E-state index in [1.54, 1.807) is 5.57 Å². The van der Waals surface area contributed by atoms with E-state index in [0.717, 1.165) is 6.42 Å². The maximum absolute atomic E-state index is 2.41. The first-order valence-electron chi connectivity index (χ1n) is 6.07. The van der Waals surface area contributed by atoms with Crippen LogP contribution in [-0.2, 0) is 0 Å². The Bertz CT molecular complexity index is 289. The molecule has 15 heavy (non-hydrogen) atoms. The fourth-order valence-corrected chi connectivity index (χ4v) is 2.02. The van der Waals surface area contributed by atoms with E-state index in [9.17, 15) is 0 Å². The largest absolute Gasteiger partial charge is 0.0853 e. The van der Waals surface area contributed by atoms with E-state index in [4.69, 9.17) is 0 Å². The Morgan fingerprint density at radius 1 is 1.00 bits per heavy atom. The zero-order valence-corrected chi connectivity index (χ0v) is 10.6. The zero-order valence-electron chi connectivity index (χ0n) is 10.6.